The molecule has 5 nitrogen and oxygen atoms in total. The maximum absolute atomic E-state index is 13.6. The molecule has 0 saturated heterocycles. The monoisotopic (exact) mass is 347 g/mol. The number of hydrogen-bond acceptors (Lipinski definition) is 3. The van der Waals surface area contributed by atoms with Crippen LogP contribution in [-0.2, 0) is 9.59 Å². The van der Waals surface area contributed by atoms with E-state index < -0.39 is 23.6 Å². The Morgan fingerprint density at radius 2 is 1.68 bits per heavy atom. The van der Waals surface area contributed by atoms with Crippen molar-refractivity contribution in [2.24, 2.45) is 0 Å². The lowest BCUT2D eigenvalue weighted by molar-refractivity contribution is -0.122. The Bertz CT molecular complexity index is 750. The van der Waals surface area contributed by atoms with E-state index in [0.29, 0.717) is 5.69 Å². The Hall–Kier alpha value is -2.80. The van der Waals surface area contributed by atoms with Crippen molar-refractivity contribution in [2.75, 3.05) is 24.2 Å². The summed E-state index contributed by atoms with van der Waals surface area (Å²) in [7, 11) is 1.61. The van der Waals surface area contributed by atoms with Crippen LogP contribution in [0.2, 0.25) is 0 Å². The van der Waals surface area contributed by atoms with E-state index in [9.17, 15) is 18.4 Å². The van der Waals surface area contributed by atoms with Gasteiger partial charge in [-0.2, -0.15) is 0 Å². The van der Waals surface area contributed by atoms with Crippen molar-refractivity contribution in [1.82, 2.24) is 4.90 Å². The number of anilines is 2. The second-order valence-electron chi connectivity index (χ2n) is 5.62. The first-order valence-electron chi connectivity index (χ1n) is 7.68. The van der Waals surface area contributed by atoms with Crippen LogP contribution in [0.25, 0.3) is 0 Å². The molecule has 0 fully saturated rings. The Morgan fingerprint density at radius 3 is 2.32 bits per heavy atom. The van der Waals surface area contributed by atoms with Gasteiger partial charge in [0, 0.05) is 5.69 Å². The third-order valence-electron chi connectivity index (χ3n) is 3.69. The van der Waals surface area contributed by atoms with E-state index in [2.05, 4.69) is 10.6 Å². The van der Waals surface area contributed by atoms with Crippen LogP contribution in [0.4, 0.5) is 20.2 Å². The Balaban J connectivity index is 1.89. The predicted octanol–water partition coefficient (Wildman–Crippen LogP) is 2.86. The number of amides is 2. The zero-order valence-corrected chi connectivity index (χ0v) is 13.9. The number of para-hydroxylation sites is 1. The molecular formula is C18H19F2N3O2. The summed E-state index contributed by atoms with van der Waals surface area (Å²) in [5.41, 5.74) is 0.548. The molecule has 0 saturated carbocycles. The molecule has 7 heteroatoms. The van der Waals surface area contributed by atoms with E-state index in [1.807, 2.05) is 0 Å². The van der Waals surface area contributed by atoms with Gasteiger partial charge in [-0.15, -0.1) is 0 Å². The van der Waals surface area contributed by atoms with Gasteiger partial charge in [0.15, 0.2) is 0 Å². The highest BCUT2D eigenvalue weighted by molar-refractivity contribution is 5.96. The van der Waals surface area contributed by atoms with Gasteiger partial charge < -0.3 is 10.6 Å². The molecule has 0 aliphatic carbocycles. The second kappa shape index (κ2) is 8.34. The largest absolute Gasteiger partial charge is 0.325 e. The number of rotatable bonds is 6. The van der Waals surface area contributed by atoms with Crippen molar-refractivity contribution in [3.63, 3.8) is 0 Å². The first-order chi connectivity index (χ1) is 11.9. The molecule has 0 heterocycles. The number of halogens is 2. The summed E-state index contributed by atoms with van der Waals surface area (Å²) in [5.74, 6) is -1.70. The lowest BCUT2D eigenvalue weighted by Gasteiger charge is -2.23. The molecule has 2 rings (SSSR count). The summed E-state index contributed by atoms with van der Waals surface area (Å²) < 4.78 is 26.4. The molecule has 0 aromatic heterocycles. The fraction of sp³-hybridized carbons (Fsp3) is 0.222. The third kappa shape index (κ3) is 5.36. The molecule has 2 aromatic rings. The minimum atomic E-state index is -0.654. The van der Waals surface area contributed by atoms with Crippen LogP contribution >= 0.6 is 0 Å². The van der Waals surface area contributed by atoms with Crippen LogP contribution in [-0.4, -0.2) is 36.3 Å². The van der Waals surface area contributed by atoms with E-state index in [-0.39, 0.29) is 18.1 Å². The molecule has 0 bridgehead atoms. The molecule has 0 spiro atoms. The Kier molecular flexibility index (Phi) is 6.19. The molecule has 2 N–H and O–H groups in total. The van der Waals surface area contributed by atoms with Gasteiger partial charge in [-0.3, -0.25) is 14.5 Å². The zero-order chi connectivity index (χ0) is 18.4. The molecule has 1 atom stereocenters. The maximum Gasteiger partial charge on any atom is 0.241 e. The normalized spacial score (nSPS) is 11.9. The average molecular weight is 347 g/mol. The van der Waals surface area contributed by atoms with Gasteiger partial charge >= 0.3 is 0 Å². The van der Waals surface area contributed by atoms with Crippen LogP contribution in [0.3, 0.4) is 0 Å². The van der Waals surface area contributed by atoms with Crippen molar-refractivity contribution in [3.05, 3.63) is 60.2 Å². The van der Waals surface area contributed by atoms with Crippen molar-refractivity contribution in [3.8, 4) is 0 Å². The number of hydrogen-bond donors (Lipinski definition) is 2. The van der Waals surface area contributed by atoms with Crippen molar-refractivity contribution in [2.45, 2.75) is 13.0 Å². The first-order valence-corrected chi connectivity index (χ1v) is 7.68. The molecule has 0 aliphatic rings. The molecule has 25 heavy (non-hydrogen) atoms. The first kappa shape index (κ1) is 18.5. The van der Waals surface area contributed by atoms with E-state index in [1.165, 1.54) is 47.4 Å². The van der Waals surface area contributed by atoms with Crippen molar-refractivity contribution in [1.29, 1.82) is 0 Å². The highest BCUT2D eigenvalue weighted by atomic mass is 19.1. The smallest absolute Gasteiger partial charge is 0.241 e. The fourth-order valence-electron chi connectivity index (χ4n) is 2.10. The van der Waals surface area contributed by atoms with Gasteiger partial charge in [-0.1, -0.05) is 12.1 Å². The highest BCUT2D eigenvalue weighted by Crippen LogP contribution is 2.13. The van der Waals surface area contributed by atoms with E-state index in [1.54, 1.807) is 20.0 Å². The summed E-state index contributed by atoms with van der Waals surface area (Å²) in [4.78, 5) is 25.7. The van der Waals surface area contributed by atoms with Crippen LogP contribution in [0.5, 0.6) is 0 Å². The van der Waals surface area contributed by atoms with Gasteiger partial charge in [0.25, 0.3) is 0 Å². The van der Waals surface area contributed by atoms with Crippen LogP contribution in [0, 0.1) is 11.6 Å². The summed E-state index contributed by atoms with van der Waals surface area (Å²) in [6.45, 7) is 1.56. The molecule has 0 radical (unpaired) electrons. The average Bonchev–Trinajstić information content (AvgIpc) is 2.58. The fourth-order valence-corrected chi connectivity index (χ4v) is 2.10. The molecular weight excluding hydrogens is 328 g/mol. The van der Waals surface area contributed by atoms with Crippen molar-refractivity contribution < 1.29 is 18.4 Å². The number of likely N-dealkylation sites (N-methyl/N-ethyl adjacent to an activating group) is 1. The zero-order valence-electron chi connectivity index (χ0n) is 13.9. The molecule has 0 unspecified atom stereocenters. The van der Waals surface area contributed by atoms with Crippen LogP contribution in [0.15, 0.2) is 48.5 Å². The lowest BCUT2D eigenvalue weighted by atomic mass is 10.2. The van der Waals surface area contributed by atoms with E-state index in [0.717, 1.165) is 0 Å². The van der Waals surface area contributed by atoms with Crippen LogP contribution < -0.4 is 10.6 Å². The van der Waals surface area contributed by atoms with Gasteiger partial charge in [-0.05, 0) is 50.4 Å². The minimum Gasteiger partial charge on any atom is -0.325 e. The maximum atomic E-state index is 13.6. The van der Waals surface area contributed by atoms with E-state index in [4.69, 9.17) is 0 Å². The third-order valence-corrected chi connectivity index (χ3v) is 3.69. The Morgan fingerprint density at radius 1 is 1.04 bits per heavy atom. The number of nitrogens with zero attached hydrogens (tertiary/aromatic N) is 1. The molecule has 0 aliphatic heterocycles. The van der Waals surface area contributed by atoms with Gasteiger partial charge in [0.1, 0.15) is 11.6 Å². The van der Waals surface area contributed by atoms with Crippen LogP contribution in [0.1, 0.15) is 6.92 Å². The SMILES string of the molecule is C[C@H](C(=O)Nc1ccccc1F)N(C)CC(=O)Nc1ccc(F)cc1. The quantitative estimate of drug-likeness (QED) is 0.845. The summed E-state index contributed by atoms with van der Waals surface area (Å²) in [6, 6.07) is 10.6. The number of benzene rings is 2. The van der Waals surface area contributed by atoms with Crippen molar-refractivity contribution >= 4 is 23.2 Å². The van der Waals surface area contributed by atoms with Gasteiger partial charge in [-0.25, -0.2) is 8.78 Å². The summed E-state index contributed by atoms with van der Waals surface area (Å²) in [5, 5.41) is 5.10. The summed E-state index contributed by atoms with van der Waals surface area (Å²) >= 11 is 0. The molecule has 2 amide bonds. The highest BCUT2D eigenvalue weighted by Gasteiger charge is 2.21. The van der Waals surface area contributed by atoms with Gasteiger partial charge in [0.2, 0.25) is 11.8 Å². The second-order valence-corrected chi connectivity index (χ2v) is 5.62. The lowest BCUT2D eigenvalue weighted by Crippen LogP contribution is -2.43. The number of nitrogens with one attached hydrogen (secondary N) is 2. The minimum absolute atomic E-state index is 0.0523. The molecule has 132 valence electrons. The summed E-state index contributed by atoms with van der Waals surface area (Å²) in [6.07, 6.45) is 0. The molecule has 2 aromatic carbocycles. The van der Waals surface area contributed by atoms with E-state index >= 15 is 0 Å². The number of carbonyl (C=O) groups is 2. The predicted molar refractivity (Wildman–Crippen MR) is 92.2 cm³/mol. The topological polar surface area (TPSA) is 61.4 Å². The van der Waals surface area contributed by atoms with Gasteiger partial charge in [0.05, 0.1) is 18.3 Å². The standard InChI is InChI=1S/C18H19F2N3O2/c1-12(18(25)22-16-6-4-3-5-15(16)20)23(2)11-17(24)21-14-9-7-13(19)8-10-14/h3-10,12H,11H2,1-2H3,(H,21,24)(H,22,25)/t12-/m1/s1. The Labute approximate surface area is 144 Å². The number of carbonyl (C=O) groups excluding carboxylic acids is 2.